The van der Waals surface area contributed by atoms with Crippen LogP contribution >= 0.6 is 20.1 Å². The van der Waals surface area contributed by atoms with E-state index in [2.05, 4.69) is 390 Å². The average Bonchev–Trinajstić information content (AvgIpc) is 1.47. The zero-order chi connectivity index (χ0) is 65.2. The van der Waals surface area contributed by atoms with E-state index in [1.54, 1.807) is 0 Å². The molecule has 0 bridgehead atoms. The highest BCUT2D eigenvalue weighted by molar-refractivity contribution is 8.34. The topological polar surface area (TPSA) is 35.6 Å². The smallest absolute Gasteiger partial charge is 0.237 e. The molecular weight excluding hydrogens is 1200 g/mol. The maximum absolute atomic E-state index is 6.06. The highest BCUT2D eigenvalue weighted by atomic mass is 32.3. The molecule has 0 amide bonds. The van der Waals surface area contributed by atoms with Crippen LogP contribution in [0.4, 0.5) is 0 Å². The minimum Gasteiger partial charge on any atom is -0.294 e. The molecule has 0 saturated heterocycles. The van der Waals surface area contributed by atoms with Crippen molar-refractivity contribution in [2.75, 3.05) is 0 Å². The maximum atomic E-state index is 6.06. The molecule has 0 aliphatic carbocycles. The van der Waals surface area contributed by atoms with Crippen molar-refractivity contribution in [2.45, 2.75) is 91.5 Å². The second-order valence-electron chi connectivity index (χ2n) is 27.0. The molecule has 466 valence electrons. The van der Waals surface area contributed by atoms with Crippen LogP contribution in [0.3, 0.4) is 0 Å². The number of hydrogen-bond acceptors (Lipinski definition) is 2. The van der Waals surface area contributed by atoms with E-state index in [0.717, 1.165) is 61.0 Å². The molecule has 0 radical (unpaired) electrons. The maximum Gasteiger partial charge on any atom is 0.237 e. The monoisotopic (exact) mass is 1270 g/mol. The van der Waals surface area contributed by atoms with Crippen LogP contribution < -0.4 is 0 Å². The van der Waals surface area contributed by atoms with Gasteiger partial charge in [0.25, 0.3) is 0 Å². The lowest BCUT2D eigenvalue weighted by atomic mass is 9.85. The van der Waals surface area contributed by atoms with Crippen LogP contribution in [0, 0.1) is 0 Å². The Morgan fingerprint density at radius 1 is 0.240 bits per heavy atom. The van der Waals surface area contributed by atoms with Gasteiger partial charge in [0.05, 0.1) is 27.8 Å². The SMILES string of the molecule is CC(C)(C)c1ccc2c(c1)c1cc(C(C)(C)C)ccc1n2-c1cc(-c2cc(S(c3ccccc3)(c3ccccc3)c3cccc(-c4ccccc4)c3)cc(S(c3ccccc3)(c3ccccc3)c3cccc(-c4ccccc4)c3)c2)nc(-n2c3ccccc3c3ccccc32)n1. The van der Waals surface area contributed by atoms with Crippen molar-refractivity contribution >= 4 is 63.7 Å². The van der Waals surface area contributed by atoms with Crippen LogP contribution in [0.5, 0.6) is 0 Å². The molecule has 6 heteroatoms. The number of fused-ring (bicyclic) bond motifs is 6. The van der Waals surface area contributed by atoms with Gasteiger partial charge in [0.2, 0.25) is 5.95 Å². The average molecular weight is 1280 g/mol. The summed E-state index contributed by atoms with van der Waals surface area (Å²) in [6.45, 7) is 13.9. The van der Waals surface area contributed by atoms with Crippen molar-refractivity contribution in [1.82, 2.24) is 19.1 Å². The van der Waals surface area contributed by atoms with E-state index in [4.69, 9.17) is 9.97 Å². The zero-order valence-corrected chi connectivity index (χ0v) is 56.6. The number of nitrogens with zero attached hydrogens (tertiary/aromatic N) is 4. The summed E-state index contributed by atoms with van der Waals surface area (Å²) in [5, 5.41) is 4.67. The van der Waals surface area contributed by atoms with E-state index >= 15 is 0 Å². The summed E-state index contributed by atoms with van der Waals surface area (Å²) < 4.78 is 4.71. The van der Waals surface area contributed by atoms with Gasteiger partial charge in [-0.15, -0.1) is 20.1 Å². The Morgan fingerprint density at radius 2 is 0.573 bits per heavy atom. The highest BCUT2D eigenvalue weighted by Crippen LogP contribution is 2.78. The minimum absolute atomic E-state index is 0.0854. The minimum atomic E-state index is -2.45. The molecular formula is C90H74N4S2. The summed E-state index contributed by atoms with van der Waals surface area (Å²) in [5.41, 5.74) is 13.1. The zero-order valence-electron chi connectivity index (χ0n) is 54.9. The lowest BCUT2D eigenvalue weighted by molar-refractivity contribution is 0.590. The molecule has 0 saturated carbocycles. The van der Waals surface area contributed by atoms with Gasteiger partial charge in [0.15, 0.2) is 0 Å². The van der Waals surface area contributed by atoms with E-state index in [1.807, 2.05) is 0 Å². The Morgan fingerprint density at radius 3 is 0.969 bits per heavy atom. The number of rotatable bonds is 13. The van der Waals surface area contributed by atoms with Gasteiger partial charge in [-0.25, -0.2) is 4.98 Å². The van der Waals surface area contributed by atoms with Crippen molar-refractivity contribution in [3.05, 3.63) is 351 Å². The van der Waals surface area contributed by atoms with E-state index in [9.17, 15) is 0 Å². The standard InChI is InChI=1S/C90H74N4S2/c1-89(2,3)68-51-53-85-80(59-68)81-60-69(90(4,5)6)52-54-86(81)93(85)87-62-82(91-88(92-87)94-83-49-27-25-47-78(83)79-48-26-28-50-84(79)94)67-57-76(95(70-37-17-9-18-38-70,71-39-19-10-20-40-71)74-45-29-35-65(55-74)63-31-13-7-14-32-63)61-77(58-67)96(72-41-21-11-22-42-72,73-43-23-12-24-44-73)75-46-30-36-66(56-75)64-33-15-8-16-34-64/h7-62H,1-6H3. The fourth-order valence-electron chi connectivity index (χ4n) is 14.3. The van der Waals surface area contributed by atoms with Gasteiger partial charge < -0.3 is 0 Å². The Hall–Kier alpha value is -10.8. The Kier molecular flexibility index (Phi) is 15.2. The summed E-state index contributed by atoms with van der Waals surface area (Å²) in [7, 11) is -4.90. The third kappa shape index (κ3) is 10.3. The first-order valence-electron chi connectivity index (χ1n) is 33.2. The first kappa shape index (κ1) is 60.2. The van der Waals surface area contributed by atoms with Crippen LogP contribution in [0.15, 0.2) is 379 Å². The Labute approximate surface area is 566 Å². The summed E-state index contributed by atoms with van der Waals surface area (Å²) in [6, 6.07) is 127. The second-order valence-corrected chi connectivity index (χ2v) is 33.3. The van der Waals surface area contributed by atoms with Gasteiger partial charge in [-0.3, -0.25) is 9.13 Å². The van der Waals surface area contributed by atoms with Crippen molar-refractivity contribution in [1.29, 1.82) is 0 Å². The summed E-state index contributed by atoms with van der Waals surface area (Å²) in [5.74, 6) is 1.36. The normalized spacial score (nSPS) is 12.6. The predicted molar refractivity (Wildman–Crippen MR) is 404 cm³/mol. The largest absolute Gasteiger partial charge is 0.294 e. The first-order chi connectivity index (χ1) is 46.8. The van der Waals surface area contributed by atoms with Gasteiger partial charge in [0.1, 0.15) is 5.82 Å². The summed E-state index contributed by atoms with van der Waals surface area (Å²) >= 11 is 0. The molecule has 0 atom stereocenters. The molecule has 0 aliphatic heterocycles. The lowest BCUT2D eigenvalue weighted by Gasteiger charge is -2.45. The van der Waals surface area contributed by atoms with Crippen molar-refractivity contribution in [2.24, 2.45) is 0 Å². The van der Waals surface area contributed by atoms with E-state index in [1.165, 1.54) is 72.2 Å². The van der Waals surface area contributed by atoms with Crippen molar-refractivity contribution in [3.63, 3.8) is 0 Å². The molecule has 0 N–H and O–H groups in total. The van der Waals surface area contributed by atoms with Gasteiger partial charge in [0, 0.05) is 72.3 Å². The molecule has 16 aromatic rings. The fourth-order valence-corrected chi connectivity index (χ4v) is 22.3. The third-order valence-corrected chi connectivity index (χ3v) is 26.8. The Balaban J connectivity index is 1.10. The van der Waals surface area contributed by atoms with Crippen LogP contribution in [-0.2, 0) is 10.8 Å². The quantitative estimate of drug-likeness (QED) is 0.115. The Bertz CT molecular complexity index is 5140. The van der Waals surface area contributed by atoms with Crippen LogP contribution in [0.2, 0.25) is 0 Å². The molecule has 0 unspecified atom stereocenters. The lowest BCUT2D eigenvalue weighted by Crippen LogP contribution is -2.11. The second kappa shape index (κ2) is 24.2. The van der Waals surface area contributed by atoms with Crippen LogP contribution in [0.25, 0.3) is 88.9 Å². The fraction of sp³-hybridized carbons (Fsp3) is 0.0889. The van der Waals surface area contributed by atoms with Crippen molar-refractivity contribution in [3.8, 4) is 45.3 Å². The molecule has 3 aromatic heterocycles. The molecule has 0 spiro atoms. The predicted octanol–water partition coefficient (Wildman–Crippen LogP) is 24.9. The van der Waals surface area contributed by atoms with Gasteiger partial charge in [-0.2, -0.15) is 4.98 Å². The summed E-state index contributed by atoms with van der Waals surface area (Å²) in [4.78, 5) is 21.7. The number of aromatic nitrogens is 4. The molecule has 0 fully saturated rings. The van der Waals surface area contributed by atoms with E-state index < -0.39 is 20.1 Å². The highest BCUT2D eigenvalue weighted by Gasteiger charge is 2.39. The van der Waals surface area contributed by atoms with E-state index in [-0.39, 0.29) is 10.8 Å². The summed E-state index contributed by atoms with van der Waals surface area (Å²) in [6.07, 6.45) is 0. The first-order valence-corrected chi connectivity index (χ1v) is 36.4. The molecule has 16 rings (SSSR count). The van der Waals surface area contributed by atoms with Crippen molar-refractivity contribution < 1.29 is 0 Å². The molecule has 4 nitrogen and oxygen atoms in total. The molecule has 13 aromatic carbocycles. The third-order valence-electron chi connectivity index (χ3n) is 19.1. The van der Waals surface area contributed by atoms with E-state index in [0.29, 0.717) is 5.95 Å². The number of benzene rings is 13. The van der Waals surface area contributed by atoms with Gasteiger partial charge in [-0.1, -0.05) is 248 Å². The molecule has 96 heavy (non-hydrogen) atoms. The van der Waals surface area contributed by atoms with Gasteiger partial charge >= 0.3 is 0 Å². The van der Waals surface area contributed by atoms with Crippen LogP contribution in [0.1, 0.15) is 52.7 Å². The number of hydrogen-bond donors (Lipinski definition) is 0. The van der Waals surface area contributed by atoms with Crippen LogP contribution in [-0.4, -0.2) is 19.1 Å². The number of para-hydroxylation sites is 2. The molecule has 3 heterocycles. The molecule has 0 aliphatic rings. The van der Waals surface area contributed by atoms with Gasteiger partial charge in [-0.05, 0) is 172 Å².